The number of carbonyl (C=O) groups is 1. The van der Waals surface area contributed by atoms with Gasteiger partial charge in [-0.15, -0.1) is 0 Å². The lowest BCUT2D eigenvalue weighted by Gasteiger charge is -2.19. The molecule has 2 aromatic rings. The Labute approximate surface area is 131 Å². The molecule has 1 aromatic carbocycles. The van der Waals surface area contributed by atoms with E-state index < -0.39 is 0 Å². The lowest BCUT2D eigenvalue weighted by Crippen LogP contribution is -2.31. The van der Waals surface area contributed by atoms with Gasteiger partial charge in [-0.2, -0.15) is 0 Å². The van der Waals surface area contributed by atoms with Crippen molar-refractivity contribution in [2.24, 2.45) is 5.92 Å². The third kappa shape index (κ3) is 3.35. The van der Waals surface area contributed by atoms with Crippen LogP contribution in [0.15, 0.2) is 48.7 Å². The van der Waals surface area contributed by atoms with Crippen LogP contribution >= 0.6 is 0 Å². The van der Waals surface area contributed by atoms with Crippen LogP contribution in [0.25, 0.3) is 0 Å². The molecule has 1 N–H and O–H groups in total. The van der Waals surface area contributed by atoms with E-state index in [0.717, 1.165) is 24.1 Å². The van der Waals surface area contributed by atoms with Crippen molar-refractivity contribution in [3.05, 3.63) is 65.5 Å². The SMILES string of the molecule is CC(C)c1ccc(C(NC(=O)C2CC2)c2ccccc2)nc1. The lowest BCUT2D eigenvalue weighted by molar-refractivity contribution is -0.122. The summed E-state index contributed by atoms with van der Waals surface area (Å²) in [6, 6.07) is 14.0. The van der Waals surface area contributed by atoms with Crippen LogP contribution in [-0.4, -0.2) is 10.9 Å². The normalized spacial score (nSPS) is 15.6. The highest BCUT2D eigenvalue weighted by Gasteiger charge is 2.31. The van der Waals surface area contributed by atoms with Crippen molar-refractivity contribution in [1.82, 2.24) is 10.3 Å². The number of rotatable bonds is 5. The minimum absolute atomic E-state index is 0.142. The largest absolute Gasteiger partial charge is 0.343 e. The Morgan fingerprint density at radius 2 is 1.82 bits per heavy atom. The number of benzene rings is 1. The van der Waals surface area contributed by atoms with Gasteiger partial charge in [0.05, 0.1) is 11.7 Å². The van der Waals surface area contributed by atoms with Crippen molar-refractivity contribution in [3.8, 4) is 0 Å². The van der Waals surface area contributed by atoms with Crippen LogP contribution in [0.4, 0.5) is 0 Å². The van der Waals surface area contributed by atoms with Crippen LogP contribution < -0.4 is 5.32 Å². The van der Waals surface area contributed by atoms with Crippen LogP contribution in [0.2, 0.25) is 0 Å². The van der Waals surface area contributed by atoms with E-state index in [1.807, 2.05) is 42.6 Å². The number of carbonyl (C=O) groups excluding carboxylic acids is 1. The van der Waals surface area contributed by atoms with Gasteiger partial charge in [-0.05, 0) is 36.0 Å². The molecule has 0 radical (unpaired) electrons. The first-order valence-corrected chi connectivity index (χ1v) is 7.96. The van der Waals surface area contributed by atoms with Gasteiger partial charge in [-0.25, -0.2) is 0 Å². The minimum Gasteiger partial charge on any atom is -0.343 e. The fourth-order valence-corrected chi connectivity index (χ4v) is 2.51. The second kappa shape index (κ2) is 6.30. The Balaban J connectivity index is 1.88. The predicted molar refractivity (Wildman–Crippen MR) is 87.5 cm³/mol. The van der Waals surface area contributed by atoms with Gasteiger partial charge in [-0.1, -0.05) is 50.2 Å². The van der Waals surface area contributed by atoms with Crippen molar-refractivity contribution >= 4 is 5.91 Å². The van der Waals surface area contributed by atoms with E-state index in [1.54, 1.807) is 0 Å². The van der Waals surface area contributed by atoms with Crippen LogP contribution in [-0.2, 0) is 4.79 Å². The van der Waals surface area contributed by atoms with Gasteiger partial charge < -0.3 is 5.32 Å². The smallest absolute Gasteiger partial charge is 0.223 e. The maximum absolute atomic E-state index is 12.2. The highest BCUT2D eigenvalue weighted by molar-refractivity contribution is 5.81. The zero-order valence-electron chi connectivity index (χ0n) is 13.1. The van der Waals surface area contributed by atoms with E-state index in [1.165, 1.54) is 5.56 Å². The first kappa shape index (κ1) is 14.8. The van der Waals surface area contributed by atoms with E-state index in [2.05, 4.69) is 30.2 Å². The molecule has 0 spiro atoms. The number of aromatic nitrogens is 1. The standard InChI is InChI=1S/C19H22N2O/c1-13(2)16-10-11-17(20-12-16)18(14-6-4-3-5-7-14)21-19(22)15-8-9-15/h3-7,10-13,15,18H,8-9H2,1-2H3,(H,21,22). The molecule has 3 rings (SSSR count). The fraction of sp³-hybridized carbons (Fsp3) is 0.368. The maximum Gasteiger partial charge on any atom is 0.223 e. The summed E-state index contributed by atoms with van der Waals surface area (Å²) >= 11 is 0. The van der Waals surface area contributed by atoms with Crippen molar-refractivity contribution in [2.75, 3.05) is 0 Å². The molecule has 1 atom stereocenters. The van der Waals surface area contributed by atoms with Gasteiger partial charge in [0.15, 0.2) is 0 Å². The average molecular weight is 294 g/mol. The van der Waals surface area contributed by atoms with Gasteiger partial charge >= 0.3 is 0 Å². The number of pyridine rings is 1. The first-order chi connectivity index (χ1) is 10.6. The number of nitrogens with one attached hydrogen (secondary N) is 1. The van der Waals surface area contributed by atoms with Gasteiger partial charge in [0.25, 0.3) is 0 Å². The molecule has 114 valence electrons. The Morgan fingerprint density at radius 3 is 2.36 bits per heavy atom. The van der Waals surface area contributed by atoms with Crippen LogP contribution in [0.5, 0.6) is 0 Å². The molecule has 3 heteroatoms. The molecule has 1 aliphatic rings. The van der Waals surface area contributed by atoms with Gasteiger partial charge in [0.1, 0.15) is 0 Å². The third-order valence-corrected chi connectivity index (χ3v) is 4.14. The predicted octanol–water partition coefficient (Wildman–Crippen LogP) is 3.82. The molecule has 1 saturated carbocycles. The summed E-state index contributed by atoms with van der Waals surface area (Å²) < 4.78 is 0. The highest BCUT2D eigenvalue weighted by Crippen LogP contribution is 2.31. The maximum atomic E-state index is 12.2. The summed E-state index contributed by atoms with van der Waals surface area (Å²) in [5.74, 6) is 0.794. The molecule has 1 heterocycles. The van der Waals surface area contributed by atoms with Crippen LogP contribution in [0.1, 0.15) is 55.5 Å². The Bertz CT molecular complexity index is 630. The summed E-state index contributed by atoms with van der Waals surface area (Å²) in [6.45, 7) is 4.31. The van der Waals surface area contributed by atoms with Gasteiger partial charge in [-0.3, -0.25) is 9.78 Å². The zero-order chi connectivity index (χ0) is 15.5. The molecule has 0 bridgehead atoms. The highest BCUT2D eigenvalue weighted by atomic mass is 16.2. The first-order valence-electron chi connectivity index (χ1n) is 7.96. The lowest BCUT2D eigenvalue weighted by atomic mass is 10.0. The summed E-state index contributed by atoms with van der Waals surface area (Å²) in [4.78, 5) is 16.8. The van der Waals surface area contributed by atoms with Gasteiger partial charge in [0.2, 0.25) is 5.91 Å². The van der Waals surface area contributed by atoms with E-state index in [0.29, 0.717) is 5.92 Å². The Hall–Kier alpha value is -2.16. The second-order valence-electron chi connectivity index (χ2n) is 6.30. The quantitative estimate of drug-likeness (QED) is 0.911. The number of hydrogen-bond donors (Lipinski definition) is 1. The minimum atomic E-state index is -0.171. The molecular formula is C19H22N2O. The molecular weight excluding hydrogens is 272 g/mol. The molecule has 1 amide bonds. The summed E-state index contributed by atoms with van der Waals surface area (Å²) in [7, 11) is 0. The Morgan fingerprint density at radius 1 is 1.09 bits per heavy atom. The van der Waals surface area contributed by atoms with Crippen molar-refractivity contribution in [3.63, 3.8) is 0 Å². The van der Waals surface area contributed by atoms with E-state index in [-0.39, 0.29) is 17.9 Å². The van der Waals surface area contributed by atoms with Crippen molar-refractivity contribution in [1.29, 1.82) is 0 Å². The zero-order valence-corrected chi connectivity index (χ0v) is 13.1. The Kier molecular flexibility index (Phi) is 4.23. The van der Waals surface area contributed by atoms with Gasteiger partial charge in [0, 0.05) is 12.1 Å². The molecule has 1 fully saturated rings. The summed E-state index contributed by atoms with van der Waals surface area (Å²) in [5, 5.41) is 3.16. The van der Waals surface area contributed by atoms with E-state index >= 15 is 0 Å². The van der Waals surface area contributed by atoms with Crippen molar-refractivity contribution < 1.29 is 4.79 Å². The van der Waals surface area contributed by atoms with Crippen molar-refractivity contribution in [2.45, 2.75) is 38.6 Å². The molecule has 3 nitrogen and oxygen atoms in total. The van der Waals surface area contributed by atoms with Crippen LogP contribution in [0.3, 0.4) is 0 Å². The molecule has 0 aliphatic heterocycles. The molecule has 1 aliphatic carbocycles. The molecule has 22 heavy (non-hydrogen) atoms. The number of hydrogen-bond acceptors (Lipinski definition) is 2. The molecule has 1 unspecified atom stereocenters. The monoisotopic (exact) mass is 294 g/mol. The van der Waals surface area contributed by atoms with E-state index in [4.69, 9.17) is 0 Å². The topological polar surface area (TPSA) is 42.0 Å². The molecule has 0 saturated heterocycles. The van der Waals surface area contributed by atoms with E-state index in [9.17, 15) is 4.79 Å². The number of nitrogens with zero attached hydrogens (tertiary/aromatic N) is 1. The third-order valence-electron chi connectivity index (χ3n) is 4.14. The summed E-state index contributed by atoms with van der Waals surface area (Å²) in [5.41, 5.74) is 3.18. The molecule has 1 aromatic heterocycles. The average Bonchev–Trinajstić information content (AvgIpc) is 3.38. The fourth-order valence-electron chi connectivity index (χ4n) is 2.51. The summed E-state index contributed by atoms with van der Waals surface area (Å²) in [6.07, 6.45) is 3.93. The van der Waals surface area contributed by atoms with Crippen LogP contribution in [0, 0.1) is 5.92 Å². The second-order valence-corrected chi connectivity index (χ2v) is 6.30. The number of amides is 1.